The van der Waals surface area contributed by atoms with Crippen LogP contribution in [0.1, 0.15) is 24.8 Å². The summed E-state index contributed by atoms with van der Waals surface area (Å²) in [5.74, 6) is -1.48. The number of aliphatic imine (C=N–C) groups is 1. The van der Waals surface area contributed by atoms with Crippen molar-refractivity contribution < 1.29 is 8.78 Å². The molecule has 1 aromatic carbocycles. The topological polar surface area (TPSA) is 27.6 Å². The molecule has 0 unspecified atom stereocenters. The highest BCUT2D eigenvalue weighted by Gasteiger charge is 2.44. The third-order valence-electron chi connectivity index (χ3n) is 3.69. The number of nitrogens with zero attached hydrogens (tertiary/aromatic N) is 2. The lowest BCUT2D eigenvalue weighted by Crippen LogP contribution is -2.40. The molecule has 0 aromatic heterocycles. The minimum absolute atomic E-state index is 0.0349. The standard InChI is InChI=1S/C16H23F2N3/c1-21(2)15(20-12-13-6-4-3-5-7-13)19-9-8-14-10-16(17,18)11-14/h3-7,14H,8-12H2,1-2H3,(H,19,20). The van der Waals surface area contributed by atoms with E-state index in [1.54, 1.807) is 0 Å². The molecule has 0 spiro atoms. The van der Waals surface area contributed by atoms with Crippen molar-refractivity contribution in [2.45, 2.75) is 31.7 Å². The van der Waals surface area contributed by atoms with E-state index in [0.717, 1.165) is 17.9 Å². The van der Waals surface area contributed by atoms with Crippen LogP contribution in [0.3, 0.4) is 0 Å². The minimum atomic E-state index is -2.42. The summed E-state index contributed by atoms with van der Waals surface area (Å²) in [6.45, 7) is 1.30. The molecule has 5 heteroatoms. The van der Waals surface area contributed by atoms with Crippen molar-refractivity contribution in [3.63, 3.8) is 0 Å². The smallest absolute Gasteiger partial charge is 0.248 e. The molecule has 0 bridgehead atoms. The summed E-state index contributed by atoms with van der Waals surface area (Å²) in [4.78, 5) is 6.46. The predicted octanol–water partition coefficient (Wildman–Crippen LogP) is 3.13. The molecule has 3 nitrogen and oxygen atoms in total. The second-order valence-electron chi connectivity index (χ2n) is 5.87. The van der Waals surface area contributed by atoms with E-state index in [1.165, 1.54) is 0 Å². The van der Waals surface area contributed by atoms with Gasteiger partial charge in [-0.1, -0.05) is 30.3 Å². The van der Waals surface area contributed by atoms with Crippen molar-refractivity contribution >= 4 is 5.96 Å². The maximum absolute atomic E-state index is 12.8. The quantitative estimate of drug-likeness (QED) is 0.667. The highest BCUT2D eigenvalue weighted by atomic mass is 19.3. The Morgan fingerprint density at radius 3 is 2.52 bits per heavy atom. The van der Waals surface area contributed by atoms with Crippen molar-refractivity contribution in [3.05, 3.63) is 35.9 Å². The van der Waals surface area contributed by atoms with Crippen LogP contribution < -0.4 is 5.32 Å². The summed E-state index contributed by atoms with van der Waals surface area (Å²) in [5.41, 5.74) is 1.15. The van der Waals surface area contributed by atoms with Gasteiger partial charge in [-0.15, -0.1) is 0 Å². The van der Waals surface area contributed by atoms with E-state index < -0.39 is 5.92 Å². The summed E-state index contributed by atoms with van der Waals surface area (Å²) in [7, 11) is 3.85. The van der Waals surface area contributed by atoms with Gasteiger partial charge in [0.15, 0.2) is 5.96 Å². The molecular weight excluding hydrogens is 272 g/mol. The second-order valence-corrected chi connectivity index (χ2v) is 5.87. The molecule has 21 heavy (non-hydrogen) atoms. The average molecular weight is 295 g/mol. The molecule has 0 saturated heterocycles. The Bertz CT molecular complexity index is 464. The Hall–Kier alpha value is -1.65. The zero-order chi connectivity index (χ0) is 15.3. The zero-order valence-corrected chi connectivity index (χ0v) is 12.6. The fourth-order valence-corrected chi connectivity index (χ4v) is 2.48. The molecule has 1 aliphatic rings. The lowest BCUT2D eigenvalue weighted by Gasteiger charge is -2.35. The predicted molar refractivity (Wildman–Crippen MR) is 81.6 cm³/mol. The molecule has 1 aliphatic carbocycles. The zero-order valence-electron chi connectivity index (χ0n) is 12.6. The maximum Gasteiger partial charge on any atom is 0.248 e. The molecule has 1 saturated carbocycles. The molecule has 1 fully saturated rings. The van der Waals surface area contributed by atoms with E-state index in [9.17, 15) is 8.78 Å². The van der Waals surface area contributed by atoms with E-state index in [0.29, 0.717) is 13.1 Å². The van der Waals surface area contributed by atoms with E-state index in [2.05, 4.69) is 10.3 Å². The van der Waals surface area contributed by atoms with Crippen LogP contribution in [0.25, 0.3) is 0 Å². The Balaban J connectivity index is 1.77. The first-order valence-corrected chi connectivity index (χ1v) is 7.34. The number of alkyl halides is 2. The van der Waals surface area contributed by atoms with Gasteiger partial charge < -0.3 is 10.2 Å². The Kier molecular flexibility index (Phi) is 5.15. The maximum atomic E-state index is 12.8. The molecule has 1 N–H and O–H groups in total. The number of hydrogen-bond acceptors (Lipinski definition) is 1. The molecule has 0 atom stereocenters. The van der Waals surface area contributed by atoms with Crippen LogP contribution in [0.4, 0.5) is 8.78 Å². The number of halogens is 2. The average Bonchev–Trinajstić information content (AvgIpc) is 2.41. The lowest BCUT2D eigenvalue weighted by atomic mass is 9.79. The van der Waals surface area contributed by atoms with Crippen LogP contribution >= 0.6 is 0 Å². The summed E-state index contributed by atoms with van der Waals surface area (Å²) in [6, 6.07) is 10.0. The third kappa shape index (κ3) is 4.99. The van der Waals surface area contributed by atoms with Gasteiger partial charge in [-0.3, -0.25) is 0 Å². The van der Waals surface area contributed by atoms with Gasteiger partial charge in [-0.05, 0) is 17.9 Å². The SMILES string of the molecule is CN(C)C(=NCc1ccccc1)NCCC1CC(F)(F)C1. The van der Waals surface area contributed by atoms with Gasteiger partial charge in [0.2, 0.25) is 5.92 Å². The summed E-state index contributed by atoms with van der Waals surface area (Å²) >= 11 is 0. The molecule has 2 rings (SSSR count). The third-order valence-corrected chi connectivity index (χ3v) is 3.69. The van der Waals surface area contributed by atoms with Gasteiger partial charge in [-0.2, -0.15) is 0 Å². The van der Waals surface area contributed by atoms with Crippen molar-refractivity contribution in [2.24, 2.45) is 10.9 Å². The molecule has 1 aromatic rings. The van der Waals surface area contributed by atoms with Crippen LogP contribution in [0.5, 0.6) is 0 Å². The highest BCUT2D eigenvalue weighted by molar-refractivity contribution is 5.79. The summed E-state index contributed by atoms with van der Waals surface area (Å²) in [5, 5.41) is 3.25. The largest absolute Gasteiger partial charge is 0.356 e. The van der Waals surface area contributed by atoms with E-state index >= 15 is 0 Å². The first-order valence-electron chi connectivity index (χ1n) is 7.34. The first-order chi connectivity index (χ1) is 9.96. The van der Waals surface area contributed by atoms with Crippen LogP contribution in [-0.2, 0) is 6.54 Å². The number of hydrogen-bond donors (Lipinski definition) is 1. The minimum Gasteiger partial charge on any atom is -0.356 e. The number of benzene rings is 1. The fraction of sp³-hybridized carbons (Fsp3) is 0.562. The van der Waals surface area contributed by atoms with Gasteiger partial charge in [0.25, 0.3) is 0 Å². The molecule has 116 valence electrons. The Morgan fingerprint density at radius 1 is 1.29 bits per heavy atom. The molecule has 0 amide bonds. The van der Waals surface area contributed by atoms with Crippen LogP contribution in [0, 0.1) is 5.92 Å². The number of rotatable bonds is 5. The molecule has 0 radical (unpaired) electrons. The van der Waals surface area contributed by atoms with Crippen molar-refractivity contribution in [1.82, 2.24) is 10.2 Å². The van der Waals surface area contributed by atoms with E-state index in [4.69, 9.17) is 0 Å². The fourth-order valence-electron chi connectivity index (χ4n) is 2.48. The van der Waals surface area contributed by atoms with Crippen molar-refractivity contribution in [2.75, 3.05) is 20.6 Å². The normalized spacial score (nSPS) is 18.2. The van der Waals surface area contributed by atoms with Crippen molar-refractivity contribution in [3.8, 4) is 0 Å². The lowest BCUT2D eigenvalue weighted by molar-refractivity contribution is -0.111. The number of guanidine groups is 1. The van der Waals surface area contributed by atoms with Crippen LogP contribution in [0.2, 0.25) is 0 Å². The first kappa shape index (κ1) is 15.7. The van der Waals surface area contributed by atoms with E-state index in [-0.39, 0.29) is 18.8 Å². The monoisotopic (exact) mass is 295 g/mol. The Labute approximate surface area is 125 Å². The van der Waals surface area contributed by atoms with Gasteiger partial charge in [0.05, 0.1) is 6.54 Å². The Morgan fingerprint density at radius 2 is 1.95 bits per heavy atom. The second kappa shape index (κ2) is 6.87. The van der Waals surface area contributed by atoms with Crippen molar-refractivity contribution in [1.29, 1.82) is 0 Å². The highest BCUT2D eigenvalue weighted by Crippen LogP contribution is 2.43. The molecule has 0 heterocycles. The van der Waals surface area contributed by atoms with E-state index in [1.807, 2.05) is 49.3 Å². The molecular formula is C16H23F2N3. The van der Waals surface area contributed by atoms with Gasteiger partial charge >= 0.3 is 0 Å². The summed E-state index contributed by atoms with van der Waals surface area (Å²) in [6.07, 6.45) is 0.841. The van der Waals surface area contributed by atoms with Gasteiger partial charge in [-0.25, -0.2) is 13.8 Å². The van der Waals surface area contributed by atoms with Gasteiger partial charge in [0.1, 0.15) is 0 Å². The van der Waals surface area contributed by atoms with Crippen LogP contribution in [-0.4, -0.2) is 37.4 Å². The molecule has 0 aliphatic heterocycles. The summed E-state index contributed by atoms with van der Waals surface area (Å²) < 4.78 is 25.5. The number of nitrogens with one attached hydrogen (secondary N) is 1. The van der Waals surface area contributed by atoms with Crippen LogP contribution in [0.15, 0.2) is 35.3 Å². The van der Waals surface area contributed by atoms with Gasteiger partial charge in [0, 0.05) is 33.5 Å².